The molecule has 0 unspecified atom stereocenters. The SMILES string of the molecule is C.C.C.C.C.FC1(F)CCC2(CC2)C1.FC1(F)CN(Cc2ccccc2)C2(CC2)C1.O=C1CCC(=O)N1Cc1ccccc1.O=C1CCC(=O)O1.O=C1CCC2(CC2)N1Cc1ccccc1.O=C1N(Cc2ccccc2)C2(CC2)CC1(F)F. The number of carbonyl (C=O) groups is 6. The van der Waals surface area contributed by atoms with E-state index < -0.39 is 41.2 Å². The maximum atomic E-state index is 13.4. The van der Waals surface area contributed by atoms with Gasteiger partial charge >= 0.3 is 17.9 Å². The summed E-state index contributed by atoms with van der Waals surface area (Å²) in [7, 11) is 0. The molecule has 10 fully saturated rings. The fraction of sp³-hybridized carbons (Fsp3) is 0.545. The molecule has 83 heavy (non-hydrogen) atoms. The van der Waals surface area contributed by atoms with Crippen LogP contribution in [0.1, 0.15) is 181 Å². The lowest BCUT2D eigenvalue weighted by Gasteiger charge is -2.24. The van der Waals surface area contributed by atoms with Gasteiger partial charge < -0.3 is 14.5 Å². The predicted octanol–water partition coefficient (Wildman–Crippen LogP) is 14.9. The van der Waals surface area contributed by atoms with Gasteiger partial charge in [-0.2, -0.15) is 8.78 Å². The van der Waals surface area contributed by atoms with Crippen molar-refractivity contribution in [1.82, 2.24) is 19.6 Å². The molecule has 4 aromatic carbocycles. The minimum absolute atomic E-state index is 0. The number of nitrogens with zero attached hydrogens (tertiary/aromatic N) is 4. The lowest BCUT2D eigenvalue weighted by atomic mass is 10.1. The summed E-state index contributed by atoms with van der Waals surface area (Å²) in [5.74, 6) is -9.52. The van der Waals surface area contributed by atoms with Gasteiger partial charge in [0.25, 0.3) is 11.8 Å². The standard InChI is InChI=1S/C13H13F2NO.C13H15F2N.C13H15NO.C11H11NO2.C7H10F2.C4H4O3.5CH4/c14-13(15)9-12(6-7-12)16(11(13)17)8-10-4-2-1-3-5-10;14-13(15)9-12(6-7-12)16(10-13)8-11-4-2-1-3-5-11;15-12-6-7-13(8-9-13)14(12)10-11-4-2-1-3-5-11;13-10-6-7-11(14)12(10)8-9-4-2-1-3-5-9;8-7(9)4-3-6(5-7)1-2-6;5-3-1-2-4(6)7-3;;;;;/h1-5H,6-9H2;1-5H,6-10H2;1-5H,6-10H2;1-5H,6-8H2;1-5H2;1-2H2;5*1H4. The molecular weight excluding hydrogens is 1070 g/mol. The van der Waals surface area contributed by atoms with Crippen LogP contribution < -0.4 is 0 Å². The van der Waals surface area contributed by atoms with Gasteiger partial charge in [-0.05, 0) is 91.9 Å². The first-order valence-corrected chi connectivity index (χ1v) is 27.4. The number of halogens is 6. The highest BCUT2D eigenvalue weighted by Gasteiger charge is 2.66. The zero-order chi connectivity index (χ0) is 55.4. The van der Waals surface area contributed by atoms with Crippen molar-refractivity contribution >= 4 is 35.6 Å². The molecule has 5 aliphatic carbocycles. The van der Waals surface area contributed by atoms with Crippen molar-refractivity contribution < 1.29 is 59.8 Å². The predicted molar refractivity (Wildman–Crippen MR) is 311 cm³/mol. The second-order valence-electron chi connectivity index (χ2n) is 23.0. The van der Waals surface area contributed by atoms with Crippen LogP contribution in [-0.4, -0.2) is 96.1 Å². The van der Waals surface area contributed by atoms with E-state index in [0.29, 0.717) is 51.2 Å². The number of alkyl halides is 6. The minimum Gasteiger partial charge on any atom is -0.393 e. The van der Waals surface area contributed by atoms with Crippen molar-refractivity contribution in [3.05, 3.63) is 144 Å². The van der Waals surface area contributed by atoms with E-state index in [4.69, 9.17) is 0 Å². The van der Waals surface area contributed by atoms with Crippen molar-refractivity contribution in [2.75, 3.05) is 6.54 Å². The number of imide groups is 1. The molecule has 0 N–H and O–H groups in total. The number of carbonyl (C=O) groups excluding carboxylic acids is 6. The highest BCUT2D eigenvalue weighted by Crippen LogP contribution is 2.62. The third kappa shape index (κ3) is 17.8. The van der Waals surface area contributed by atoms with Gasteiger partial charge in [-0.3, -0.25) is 38.6 Å². The molecule has 5 aliphatic heterocycles. The average Bonchev–Trinajstić information content (AvgIpc) is 3.15. The van der Waals surface area contributed by atoms with Crippen LogP contribution in [0.2, 0.25) is 0 Å². The first-order chi connectivity index (χ1) is 37.1. The van der Waals surface area contributed by atoms with Crippen LogP contribution in [-0.2, 0) is 59.7 Å². The Kier molecular flexibility index (Phi) is 23.3. The zero-order valence-corrected chi connectivity index (χ0v) is 43.9. The van der Waals surface area contributed by atoms with Crippen molar-refractivity contribution in [2.45, 2.75) is 220 Å². The molecule has 4 aromatic rings. The molecule has 456 valence electrons. The number of hydrogen-bond acceptors (Lipinski definition) is 8. The molecule has 0 atom stereocenters. The fourth-order valence-corrected chi connectivity index (χ4v) is 11.7. The van der Waals surface area contributed by atoms with Crippen molar-refractivity contribution in [3.8, 4) is 0 Å². The van der Waals surface area contributed by atoms with E-state index in [-0.39, 0.29) is 111 Å². The van der Waals surface area contributed by atoms with Gasteiger partial charge in [0.05, 0.1) is 25.9 Å². The Morgan fingerprint density at radius 2 is 0.783 bits per heavy atom. The maximum absolute atomic E-state index is 13.4. The maximum Gasteiger partial charge on any atom is 0.327 e. The smallest absolute Gasteiger partial charge is 0.327 e. The molecule has 17 heteroatoms. The molecule has 0 radical (unpaired) electrons. The average molecular weight is 1160 g/mol. The lowest BCUT2D eigenvalue weighted by Crippen LogP contribution is -2.36. The zero-order valence-electron chi connectivity index (χ0n) is 43.9. The first-order valence-electron chi connectivity index (χ1n) is 27.4. The van der Waals surface area contributed by atoms with E-state index in [0.717, 1.165) is 68.2 Å². The van der Waals surface area contributed by atoms with Gasteiger partial charge in [-0.25, -0.2) is 17.6 Å². The summed E-state index contributed by atoms with van der Waals surface area (Å²) in [5, 5.41) is 0. The minimum atomic E-state index is -3.16. The molecule has 10 aliphatic rings. The Balaban J connectivity index is 0.000000215. The van der Waals surface area contributed by atoms with Crippen LogP contribution >= 0.6 is 0 Å². The highest BCUT2D eigenvalue weighted by atomic mass is 19.3. The third-order valence-corrected chi connectivity index (χ3v) is 16.8. The number of rotatable bonds is 8. The summed E-state index contributed by atoms with van der Waals surface area (Å²) >= 11 is 0. The number of hydrogen-bond donors (Lipinski definition) is 0. The summed E-state index contributed by atoms with van der Waals surface area (Å²) in [6.07, 6.45) is 11.8. The number of cyclic esters (lactones) is 2. The molecular formula is C66H88F6N4O7. The number of benzene rings is 4. The normalized spacial score (nSPS) is 22.4. The highest BCUT2D eigenvalue weighted by molar-refractivity contribution is 6.01. The Morgan fingerprint density at radius 1 is 0.373 bits per heavy atom. The molecule has 0 bridgehead atoms. The van der Waals surface area contributed by atoms with Gasteiger partial charge in [0.1, 0.15) is 0 Å². The number of amides is 4. The molecule has 5 saturated carbocycles. The Bertz CT molecular complexity index is 2760. The van der Waals surface area contributed by atoms with E-state index >= 15 is 0 Å². The van der Waals surface area contributed by atoms with Crippen molar-refractivity contribution in [3.63, 3.8) is 0 Å². The Labute approximate surface area is 488 Å². The molecule has 4 amide bonds. The lowest BCUT2D eigenvalue weighted by molar-refractivity contribution is -0.152. The largest absolute Gasteiger partial charge is 0.393 e. The quantitative estimate of drug-likeness (QED) is 0.0739. The van der Waals surface area contributed by atoms with Crippen LogP contribution in [0.25, 0.3) is 0 Å². The number of likely N-dealkylation sites (tertiary alicyclic amines) is 4. The molecule has 5 saturated heterocycles. The monoisotopic (exact) mass is 1160 g/mol. The first kappa shape index (κ1) is 69.1. The van der Waals surface area contributed by atoms with Crippen LogP contribution in [0, 0.1) is 5.41 Å². The van der Waals surface area contributed by atoms with Crippen molar-refractivity contribution in [1.29, 1.82) is 0 Å². The van der Waals surface area contributed by atoms with Gasteiger partial charge in [-0.15, -0.1) is 0 Å². The fourth-order valence-electron chi connectivity index (χ4n) is 11.7. The molecule has 11 nitrogen and oxygen atoms in total. The summed E-state index contributed by atoms with van der Waals surface area (Å²) in [6, 6.07) is 39.0. The van der Waals surface area contributed by atoms with Crippen LogP contribution in [0.15, 0.2) is 121 Å². The van der Waals surface area contributed by atoms with Crippen molar-refractivity contribution in [2.24, 2.45) is 5.41 Å². The number of ether oxygens (including phenoxy) is 1. The summed E-state index contributed by atoms with van der Waals surface area (Å²) in [6.45, 7) is 2.12. The van der Waals surface area contributed by atoms with E-state index in [9.17, 15) is 55.1 Å². The summed E-state index contributed by atoms with van der Waals surface area (Å²) in [4.78, 5) is 72.8. The topological polar surface area (TPSA) is 125 Å². The third-order valence-electron chi connectivity index (χ3n) is 16.8. The number of esters is 2. The summed E-state index contributed by atoms with van der Waals surface area (Å²) in [5.41, 5.74) is 3.97. The van der Waals surface area contributed by atoms with Gasteiger partial charge in [0.15, 0.2) is 0 Å². The Morgan fingerprint density at radius 3 is 1.16 bits per heavy atom. The second kappa shape index (κ2) is 28.0. The Hall–Kier alpha value is -6.36. The second-order valence-corrected chi connectivity index (χ2v) is 23.0. The molecule has 0 aromatic heterocycles. The van der Waals surface area contributed by atoms with E-state index in [1.807, 2.05) is 114 Å². The van der Waals surface area contributed by atoms with Crippen LogP contribution in [0.4, 0.5) is 26.3 Å². The molecule has 5 heterocycles. The van der Waals surface area contributed by atoms with E-state index in [1.165, 1.54) is 28.2 Å². The van der Waals surface area contributed by atoms with Crippen LogP contribution in [0.3, 0.4) is 0 Å². The van der Waals surface area contributed by atoms with E-state index in [2.05, 4.69) is 21.8 Å². The summed E-state index contributed by atoms with van der Waals surface area (Å²) < 4.78 is 82.7. The van der Waals surface area contributed by atoms with E-state index in [1.54, 1.807) is 0 Å². The van der Waals surface area contributed by atoms with Gasteiger partial charge in [0, 0.05) is 81.2 Å². The molecule has 4 spiro atoms. The van der Waals surface area contributed by atoms with Gasteiger partial charge in [0.2, 0.25) is 23.6 Å². The molecule has 14 rings (SSSR count). The van der Waals surface area contributed by atoms with Gasteiger partial charge in [-0.1, -0.05) is 158 Å². The van der Waals surface area contributed by atoms with Crippen LogP contribution in [0.5, 0.6) is 0 Å².